The Bertz CT molecular complexity index is 825. The zero-order chi connectivity index (χ0) is 17.7. The van der Waals surface area contributed by atoms with E-state index in [0.717, 1.165) is 41.6 Å². The van der Waals surface area contributed by atoms with Crippen LogP contribution >= 0.6 is 0 Å². The molecule has 1 aromatic heterocycles. The SMILES string of the molecule is CCC(C)(O)CCc1ccc(OCc2ccc3ccccc3n2)cc1. The molecule has 1 heterocycles. The monoisotopic (exact) mass is 335 g/mol. The molecule has 0 fully saturated rings. The summed E-state index contributed by atoms with van der Waals surface area (Å²) in [5.41, 5.74) is 2.53. The molecule has 3 nitrogen and oxygen atoms in total. The zero-order valence-corrected chi connectivity index (χ0v) is 14.9. The number of rotatable bonds is 7. The van der Waals surface area contributed by atoms with Crippen LogP contribution in [0.2, 0.25) is 0 Å². The van der Waals surface area contributed by atoms with Gasteiger partial charge in [0.05, 0.1) is 16.8 Å². The molecular formula is C22H25NO2. The van der Waals surface area contributed by atoms with Crippen molar-refractivity contribution in [2.24, 2.45) is 0 Å². The van der Waals surface area contributed by atoms with Crippen LogP contribution in [0.4, 0.5) is 0 Å². The van der Waals surface area contributed by atoms with Crippen molar-refractivity contribution < 1.29 is 9.84 Å². The van der Waals surface area contributed by atoms with Gasteiger partial charge in [-0.15, -0.1) is 0 Å². The van der Waals surface area contributed by atoms with Crippen LogP contribution in [0.5, 0.6) is 5.75 Å². The van der Waals surface area contributed by atoms with Gasteiger partial charge < -0.3 is 9.84 Å². The Labute approximate surface area is 149 Å². The lowest BCUT2D eigenvalue weighted by molar-refractivity contribution is 0.0473. The van der Waals surface area contributed by atoms with Gasteiger partial charge in [0.2, 0.25) is 0 Å². The number of nitrogens with zero attached hydrogens (tertiary/aromatic N) is 1. The molecule has 0 amide bonds. The summed E-state index contributed by atoms with van der Waals surface area (Å²) in [5.74, 6) is 0.834. The van der Waals surface area contributed by atoms with E-state index in [1.807, 2.05) is 50.2 Å². The Morgan fingerprint density at radius 3 is 2.52 bits per heavy atom. The van der Waals surface area contributed by atoms with Crippen LogP contribution in [-0.2, 0) is 13.0 Å². The molecule has 1 unspecified atom stereocenters. The fraction of sp³-hybridized carbons (Fsp3) is 0.318. The summed E-state index contributed by atoms with van der Waals surface area (Å²) in [7, 11) is 0. The number of pyridine rings is 1. The molecule has 0 spiro atoms. The van der Waals surface area contributed by atoms with E-state index < -0.39 is 5.60 Å². The number of aliphatic hydroxyl groups is 1. The van der Waals surface area contributed by atoms with E-state index in [-0.39, 0.29) is 0 Å². The van der Waals surface area contributed by atoms with Crippen LogP contribution in [0, 0.1) is 0 Å². The van der Waals surface area contributed by atoms with Gasteiger partial charge in [-0.2, -0.15) is 0 Å². The van der Waals surface area contributed by atoms with Crippen molar-refractivity contribution in [2.45, 2.75) is 45.3 Å². The van der Waals surface area contributed by atoms with Crippen molar-refractivity contribution in [1.82, 2.24) is 4.98 Å². The second kappa shape index (κ2) is 7.66. The van der Waals surface area contributed by atoms with Gasteiger partial charge in [-0.25, -0.2) is 4.98 Å². The van der Waals surface area contributed by atoms with E-state index in [0.29, 0.717) is 6.61 Å². The number of ether oxygens (including phenoxy) is 1. The van der Waals surface area contributed by atoms with E-state index in [1.54, 1.807) is 0 Å². The molecule has 3 aromatic rings. The molecule has 3 rings (SSSR count). The summed E-state index contributed by atoms with van der Waals surface area (Å²) in [6.45, 7) is 4.35. The van der Waals surface area contributed by atoms with E-state index in [2.05, 4.69) is 29.2 Å². The number of benzene rings is 2. The maximum Gasteiger partial charge on any atom is 0.130 e. The average molecular weight is 335 g/mol. The second-order valence-corrected chi connectivity index (χ2v) is 6.78. The first-order valence-corrected chi connectivity index (χ1v) is 8.84. The van der Waals surface area contributed by atoms with Gasteiger partial charge in [-0.1, -0.05) is 43.3 Å². The van der Waals surface area contributed by atoms with Gasteiger partial charge in [-0.3, -0.25) is 0 Å². The molecule has 1 N–H and O–H groups in total. The van der Waals surface area contributed by atoms with Crippen molar-refractivity contribution in [2.75, 3.05) is 0 Å². The lowest BCUT2D eigenvalue weighted by Crippen LogP contribution is -2.23. The summed E-state index contributed by atoms with van der Waals surface area (Å²) in [6, 6.07) is 20.3. The zero-order valence-electron chi connectivity index (χ0n) is 14.9. The Hall–Kier alpha value is -2.39. The van der Waals surface area contributed by atoms with Crippen LogP contribution < -0.4 is 4.74 Å². The highest BCUT2D eigenvalue weighted by Crippen LogP contribution is 2.20. The van der Waals surface area contributed by atoms with Crippen molar-refractivity contribution in [3.05, 3.63) is 71.9 Å². The van der Waals surface area contributed by atoms with E-state index in [1.165, 1.54) is 5.56 Å². The second-order valence-electron chi connectivity index (χ2n) is 6.78. The maximum atomic E-state index is 10.1. The van der Waals surface area contributed by atoms with E-state index in [9.17, 15) is 5.11 Å². The summed E-state index contributed by atoms with van der Waals surface area (Å²) in [4.78, 5) is 4.62. The maximum absolute atomic E-state index is 10.1. The molecule has 0 saturated carbocycles. The van der Waals surface area contributed by atoms with Gasteiger partial charge in [0, 0.05) is 5.39 Å². The molecule has 0 radical (unpaired) electrons. The predicted molar refractivity (Wildman–Crippen MR) is 102 cm³/mol. The van der Waals surface area contributed by atoms with E-state index in [4.69, 9.17) is 4.74 Å². The topological polar surface area (TPSA) is 42.4 Å². The molecule has 0 aliphatic rings. The molecule has 3 heteroatoms. The minimum atomic E-state index is -0.586. The van der Waals surface area contributed by atoms with Crippen molar-refractivity contribution in [3.8, 4) is 5.75 Å². The fourth-order valence-electron chi connectivity index (χ4n) is 2.69. The van der Waals surface area contributed by atoms with Gasteiger partial charge in [0.25, 0.3) is 0 Å². The molecule has 2 aromatic carbocycles. The first-order chi connectivity index (χ1) is 12.1. The van der Waals surface area contributed by atoms with Crippen LogP contribution in [0.25, 0.3) is 10.9 Å². The Balaban J connectivity index is 1.57. The summed E-state index contributed by atoms with van der Waals surface area (Å²) in [6.07, 6.45) is 2.41. The van der Waals surface area contributed by atoms with Gasteiger partial charge in [0.15, 0.2) is 0 Å². The number of aryl methyl sites for hydroxylation is 1. The largest absolute Gasteiger partial charge is 0.487 e. The first kappa shape index (κ1) is 17.4. The Morgan fingerprint density at radius 2 is 1.76 bits per heavy atom. The number of para-hydroxylation sites is 1. The minimum Gasteiger partial charge on any atom is -0.487 e. The van der Waals surface area contributed by atoms with E-state index >= 15 is 0 Å². The number of fused-ring (bicyclic) bond motifs is 1. The minimum absolute atomic E-state index is 0.453. The molecule has 0 bridgehead atoms. The highest BCUT2D eigenvalue weighted by atomic mass is 16.5. The van der Waals surface area contributed by atoms with Gasteiger partial charge in [-0.05, 0) is 56.0 Å². The van der Waals surface area contributed by atoms with Crippen LogP contribution in [0.3, 0.4) is 0 Å². The number of hydrogen-bond donors (Lipinski definition) is 1. The van der Waals surface area contributed by atoms with Gasteiger partial charge >= 0.3 is 0 Å². The van der Waals surface area contributed by atoms with Crippen molar-refractivity contribution >= 4 is 10.9 Å². The van der Waals surface area contributed by atoms with Gasteiger partial charge in [0.1, 0.15) is 12.4 Å². The third kappa shape index (κ3) is 4.80. The fourth-order valence-corrected chi connectivity index (χ4v) is 2.69. The quantitative estimate of drug-likeness (QED) is 0.667. The Kier molecular flexibility index (Phi) is 5.34. The third-order valence-electron chi connectivity index (χ3n) is 4.68. The van der Waals surface area contributed by atoms with Crippen LogP contribution in [0.15, 0.2) is 60.7 Å². The van der Waals surface area contributed by atoms with Crippen LogP contribution in [-0.4, -0.2) is 15.7 Å². The third-order valence-corrected chi connectivity index (χ3v) is 4.68. The Morgan fingerprint density at radius 1 is 1.00 bits per heavy atom. The highest BCUT2D eigenvalue weighted by Gasteiger charge is 2.16. The first-order valence-electron chi connectivity index (χ1n) is 8.84. The normalized spacial score (nSPS) is 13.6. The van der Waals surface area contributed by atoms with Crippen molar-refractivity contribution in [3.63, 3.8) is 0 Å². The standard InChI is InChI=1S/C22H25NO2/c1-3-22(2,24)15-14-17-8-12-20(13-9-17)25-16-19-11-10-18-6-4-5-7-21(18)23-19/h4-13,24H,3,14-16H2,1-2H3. The molecule has 25 heavy (non-hydrogen) atoms. The summed E-state index contributed by atoms with van der Waals surface area (Å²) >= 11 is 0. The molecule has 130 valence electrons. The average Bonchev–Trinajstić information content (AvgIpc) is 2.65. The molecular weight excluding hydrogens is 310 g/mol. The molecule has 0 aliphatic carbocycles. The smallest absolute Gasteiger partial charge is 0.130 e. The summed E-state index contributed by atoms with van der Waals surface area (Å²) < 4.78 is 5.85. The lowest BCUT2D eigenvalue weighted by Gasteiger charge is -2.20. The molecule has 0 saturated heterocycles. The molecule has 1 atom stereocenters. The summed E-state index contributed by atoms with van der Waals surface area (Å²) in [5, 5.41) is 11.2. The predicted octanol–water partition coefficient (Wildman–Crippen LogP) is 4.91. The molecule has 0 aliphatic heterocycles. The number of hydrogen-bond acceptors (Lipinski definition) is 3. The number of aromatic nitrogens is 1. The van der Waals surface area contributed by atoms with Crippen molar-refractivity contribution in [1.29, 1.82) is 0 Å². The van der Waals surface area contributed by atoms with Crippen LogP contribution in [0.1, 0.15) is 37.9 Å². The lowest BCUT2D eigenvalue weighted by atomic mass is 9.94. The highest BCUT2D eigenvalue weighted by molar-refractivity contribution is 5.78.